The Labute approximate surface area is 68.6 Å². The maximum absolute atomic E-state index is 12.2. The molecule has 0 N–H and O–H groups in total. The first-order chi connectivity index (χ1) is 5.36. The van der Waals surface area contributed by atoms with Crippen molar-refractivity contribution in [2.75, 3.05) is 26.3 Å². The predicted octanol–water partition coefficient (Wildman–Crippen LogP) is 2.08. The van der Waals surface area contributed by atoms with Gasteiger partial charge in [-0.15, -0.1) is 0 Å². The maximum Gasteiger partial charge on any atom is 0.0923 e. The van der Waals surface area contributed by atoms with E-state index >= 15 is 0 Å². The largest absolute Gasteiger partial charge is 0.303 e. The van der Waals surface area contributed by atoms with Crippen LogP contribution in [0.1, 0.15) is 26.2 Å². The van der Waals surface area contributed by atoms with Crippen molar-refractivity contribution in [3.8, 4) is 0 Å². The zero-order chi connectivity index (χ0) is 8.10. The molecule has 1 fully saturated rings. The number of halogens is 1. The molecule has 66 valence electrons. The summed E-state index contributed by atoms with van der Waals surface area (Å²) in [5.41, 5.74) is 0. The normalized spacial score (nSPS) is 22.4. The summed E-state index contributed by atoms with van der Waals surface area (Å²) in [6, 6.07) is 0. The number of piperidine rings is 1. The monoisotopic (exact) mass is 159 g/mol. The molecular formula is C9H18FN. The minimum absolute atomic E-state index is 0.111. The fourth-order valence-electron chi connectivity index (χ4n) is 1.68. The van der Waals surface area contributed by atoms with Gasteiger partial charge in [-0.3, -0.25) is 4.39 Å². The van der Waals surface area contributed by atoms with Gasteiger partial charge in [0.05, 0.1) is 6.67 Å². The number of hydrogen-bond donors (Lipinski definition) is 0. The van der Waals surface area contributed by atoms with E-state index in [0.717, 1.165) is 25.9 Å². The van der Waals surface area contributed by atoms with E-state index < -0.39 is 0 Å². The van der Waals surface area contributed by atoms with Crippen LogP contribution in [-0.4, -0.2) is 31.2 Å². The number of hydrogen-bond acceptors (Lipinski definition) is 1. The average molecular weight is 159 g/mol. The second-order valence-electron chi connectivity index (χ2n) is 3.44. The Balaban J connectivity index is 2.14. The van der Waals surface area contributed by atoms with Crippen molar-refractivity contribution in [3.05, 3.63) is 0 Å². The van der Waals surface area contributed by atoms with Gasteiger partial charge in [0.1, 0.15) is 0 Å². The maximum atomic E-state index is 12.2. The molecule has 11 heavy (non-hydrogen) atoms. The molecule has 2 heteroatoms. The van der Waals surface area contributed by atoms with Gasteiger partial charge in [-0.1, -0.05) is 6.92 Å². The van der Waals surface area contributed by atoms with E-state index in [4.69, 9.17) is 0 Å². The molecule has 1 heterocycles. The number of nitrogens with zero attached hydrogens (tertiary/aromatic N) is 1. The summed E-state index contributed by atoms with van der Waals surface area (Å²) in [6.45, 7) is 5.51. The van der Waals surface area contributed by atoms with Crippen LogP contribution in [0.4, 0.5) is 4.39 Å². The lowest BCUT2D eigenvalue weighted by atomic mass is 9.98. The van der Waals surface area contributed by atoms with Gasteiger partial charge in [0.15, 0.2) is 0 Å². The van der Waals surface area contributed by atoms with Crippen molar-refractivity contribution in [2.45, 2.75) is 26.2 Å². The highest BCUT2D eigenvalue weighted by molar-refractivity contribution is 4.70. The van der Waals surface area contributed by atoms with Crippen LogP contribution in [-0.2, 0) is 0 Å². The van der Waals surface area contributed by atoms with Crippen molar-refractivity contribution in [3.63, 3.8) is 0 Å². The van der Waals surface area contributed by atoms with Crippen LogP contribution < -0.4 is 0 Å². The van der Waals surface area contributed by atoms with Crippen LogP contribution in [0.25, 0.3) is 0 Å². The van der Waals surface area contributed by atoms with Gasteiger partial charge in [0, 0.05) is 0 Å². The fraction of sp³-hybridized carbons (Fsp3) is 1.00. The Hall–Kier alpha value is -0.110. The first-order valence-electron chi connectivity index (χ1n) is 4.65. The van der Waals surface area contributed by atoms with Crippen LogP contribution in [0.3, 0.4) is 0 Å². The standard InChI is InChI=1S/C9H18FN/c1-2-5-11-6-3-9(8-10)4-7-11/h9H,2-8H2,1H3. The van der Waals surface area contributed by atoms with Crippen molar-refractivity contribution in [1.29, 1.82) is 0 Å². The highest BCUT2D eigenvalue weighted by atomic mass is 19.1. The number of alkyl halides is 1. The van der Waals surface area contributed by atoms with Gasteiger partial charge in [0.25, 0.3) is 0 Å². The lowest BCUT2D eigenvalue weighted by Crippen LogP contribution is -2.34. The Kier molecular flexibility index (Phi) is 3.84. The second kappa shape index (κ2) is 4.70. The quantitative estimate of drug-likeness (QED) is 0.609. The molecule has 0 atom stereocenters. The molecule has 0 radical (unpaired) electrons. The lowest BCUT2D eigenvalue weighted by molar-refractivity contribution is 0.165. The molecule has 1 nitrogen and oxygen atoms in total. The topological polar surface area (TPSA) is 3.24 Å². The summed E-state index contributed by atoms with van der Waals surface area (Å²) in [5, 5.41) is 0. The van der Waals surface area contributed by atoms with Crippen LogP contribution >= 0.6 is 0 Å². The highest BCUT2D eigenvalue weighted by Gasteiger charge is 2.17. The van der Waals surface area contributed by atoms with Gasteiger partial charge in [-0.05, 0) is 44.8 Å². The van der Waals surface area contributed by atoms with E-state index in [1.165, 1.54) is 13.0 Å². The SMILES string of the molecule is CCCN1CCC(CF)CC1. The highest BCUT2D eigenvalue weighted by Crippen LogP contribution is 2.17. The third-order valence-corrected chi connectivity index (χ3v) is 2.47. The van der Waals surface area contributed by atoms with Crippen LogP contribution in [0.5, 0.6) is 0 Å². The fourth-order valence-corrected chi connectivity index (χ4v) is 1.68. The third-order valence-electron chi connectivity index (χ3n) is 2.47. The molecule has 1 aliphatic heterocycles. The second-order valence-corrected chi connectivity index (χ2v) is 3.44. The zero-order valence-corrected chi connectivity index (χ0v) is 7.35. The first-order valence-corrected chi connectivity index (χ1v) is 4.65. The Morgan fingerprint density at radius 1 is 1.36 bits per heavy atom. The van der Waals surface area contributed by atoms with Gasteiger partial charge < -0.3 is 4.90 Å². The van der Waals surface area contributed by atoms with Crippen molar-refractivity contribution >= 4 is 0 Å². The smallest absolute Gasteiger partial charge is 0.0923 e. The van der Waals surface area contributed by atoms with Gasteiger partial charge in [0.2, 0.25) is 0 Å². The molecule has 0 unspecified atom stereocenters. The van der Waals surface area contributed by atoms with Crippen LogP contribution in [0, 0.1) is 5.92 Å². The van der Waals surface area contributed by atoms with Gasteiger partial charge in [-0.2, -0.15) is 0 Å². The summed E-state index contributed by atoms with van der Waals surface area (Å²) in [4.78, 5) is 2.44. The van der Waals surface area contributed by atoms with E-state index in [1.807, 2.05) is 0 Å². The summed E-state index contributed by atoms with van der Waals surface area (Å²) in [7, 11) is 0. The van der Waals surface area contributed by atoms with Gasteiger partial charge >= 0.3 is 0 Å². The first kappa shape index (κ1) is 8.98. The Morgan fingerprint density at radius 3 is 2.45 bits per heavy atom. The number of rotatable bonds is 3. The summed E-state index contributed by atoms with van der Waals surface area (Å²) >= 11 is 0. The van der Waals surface area contributed by atoms with Crippen LogP contribution in [0.2, 0.25) is 0 Å². The minimum atomic E-state index is -0.111. The molecule has 0 spiro atoms. The summed E-state index contributed by atoms with van der Waals surface area (Å²) < 4.78 is 12.2. The zero-order valence-electron chi connectivity index (χ0n) is 7.35. The molecule has 0 aromatic rings. The molecule has 1 rings (SSSR count). The van der Waals surface area contributed by atoms with E-state index in [9.17, 15) is 4.39 Å². The third kappa shape index (κ3) is 2.78. The van der Waals surface area contributed by atoms with Crippen LogP contribution in [0.15, 0.2) is 0 Å². The summed E-state index contributed by atoms with van der Waals surface area (Å²) in [5.74, 6) is 0.364. The molecule has 0 aromatic carbocycles. The van der Waals surface area contributed by atoms with Crippen molar-refractivity contribution < 1.29 is 4.39 Å². The lowest BCUT2D eigenvalue weighted by Gasteiger charge is -2.30. The minimum Gasteiger partial charge on any atom is -0.303 e. The molecule has 0 aromatic heterocycles. The molecular weight excluding hydrogens is 141 g/mol. The Bertz CT molecular complexity index is 97.7. The van der Waals surface area contributed by atoms with E-state index in [-0.39, 0.29) is 6.67 Å². The van der Waals surface area contributed by atoms with Crippen molar-refractivity contribution in [2.24, 2.45) is 5.92 Å². The van der Waals surface area contributed by atoms with E-state index in [2.05, 4.69) is 11.8 Å². The molecule has 0 bridgehead atoms. The molecule has 1 saturated heterocycles. The molecule has 0 amide bonds. The number of likely N-dealkylation sites (tertiary alicyclic amines) is 1. The Morgan fingerprint density at radius 2 is 2.00 bits per heavy atom. The average Bonchev–Trinajstić information content (AvgIpc) is 2.07. The van der Waals surface area contributed by atoms with E-state index in [0.29, 0.717) is 5.92 Å². The molecule has 0 aliphatic carbocycles. The predicted molar refractivity (Wildman–Crippen MR) is 45.4 cm³/mol. The molecule has 0 saturated carbocycles. The van der Waals surface area contributed by atoms with Crippen molar-refractivity contribution in [1.82, 2.24) is 4.90 Å². The molecule has 1 aliphatic rings. The van der Waals surface area contributed by atoms with Gasteiger partial charge in [-0.25, -0.2) is 0 Å². The summed E-state index contributed by atoms with van der Waals surface area (Å²) in [6.07, 6.45) is 3.35. The van der Waals surface area contributed by atoms with E-state index in [1.54, 1.807) is 0 Å².